The summed E-state index contributed by atoms with van der Waals surface area (Å²) in [5, 5.41) is 6.22. The average Bonchev–Trinajstić information content (AvgIpc) is 3.82. The number of ether oxygens (including phenoxy) is 4. The third kappa shape index (κ3) is 10.0. The molecule has 2 aromatic carbocycles. The first-order valence-corrected chi connectivity index (χ1v) is 16.3. The van der Waals surface area contributed by atoms with Crippen molar-refractivity contribution in [3.63, 3.8) is 0 Å². The van der Waals surface area contributed by atoms with E-state index in [9.17, 15) is 14.4 Å². The van der Waals surface area contributed by atoms with Crippen LogP contribution in [0.25, 0.3) is 0 Å². The molecule has 0 aliphatic carbocycles. The lowest BCUT2D eigenvalue weighted by molar-refractivity contribution is -0.168. The maximum absolute atomic E-state index is 13.6. The molecule has 4 rings (SSSR count). The van der Waals surface area contributed by atoms with Crippen LogP contribution in [0, 0.1) is 17.3 Å². The van der Waals surface area contributed by atoms with Gasteiger partial charge in [-0.25, -0.2) is 4.79 Å². The van der Waals surface area contributed by atoms with Crippen LogP contribution < -0.4 is 15.4 Å². The highest BCUT2D eigenvalue weighted by Gasteiger charge is 2.47. The van der Waals surface area contributed by atoms with Crippen LogP contribution in [-0.4, -0.2) is 62.4 Å². The van der Waals surface area contributed by atoms with Crippen LogP contribution in [0.3, 0.4) is 0 Å². The van der Waals surface area contributed by atoms with Gasteiger partial charge in [-0.1, -0.05) is 88.7 Å². The molecule has 2 heterocycles. The Balaban J connectivity index is 1.57. The van der Waals surface area contributed by atoms with E-state index in [4.69, 9.17) is 30.5 Å². The number of esters is 1. The fraction of sp³-hybridized carbons (Fsp3) is 0.528. The first kappa shape index (κ1) is 35.5. The number of hydrogen-bond acceptors (Lipinski definition) is 7. The van der Waals surface area contributed by atoms with Gasteiger partial charge in [-0.3, -0.25) is 9.59 Å². The number of cyclic esters (lactones) is 1. The Kier molecular flexibility index (Phi) is 12.3. The van der Waals surface area contributed by atoms with E-state index in [0.29, 0.717) is 17.2 Å². The summed E-state index contributed by atoms with van der Waals surface area (Å²) in [7, 11) is 1.53. The molecule has 46 heavy (non-hydrogen) atoms. The maximum atomic E-state index is 13.6. The molecule has 0 radical (unpaired) electrons. The van der Waals surface area contributed by atoms with Gasteiger partial charge in [0.25, 0.3) is 0 Å². The molecule has 10 heteroatoms. The lowest BCUT2D eigenvalue weighted by Crippen LogP contribution is -2.50. The zero-order valence-corrected chi connectivity index (χ0v) is 28.3. The molecule has 9 nitrogen and oxygen atoms in total. The molecule has 2 aromatic rings. The molecule has 1 fully saturated rings. The lowest BCUT2D eigenvalue weighted by Gasteiger charge is -2.30. The first-order valence-electron chi connectivity index (χ1n) is 16.0. The fourth-order valence-electron chi connectivity index (χ4n) is 5.54. The number of benzene rings is 2. The normalized spacial score (nSPS) is 27.2. The number of nitrogens with one attached hydrogen (secondary N) is 2. The van der Waals surface area contributed by atoms with Crippen molar-refractivity contribution in [1.82, 2.24) is 10.6 Å². The smallest absolute Gasteiger partial charge is 0.335 e. The van der Waals surface area contributed by atoms with Crippen molar-refractivity contribution >= 4 is 29.4 Å². The number of halogens is 1. The number of epoxide rings is 1. The number of methoxy groups -OCH3 is 1. The molecule has 0 unspecified atom stereocenters. The summed E-state index contributed by atoms with van der Waals surface area (Å²) in [6, 6.07) is 14.4. The van der Waals surface area contributed by atoms with Crippen molar-refractivity contribution in [2.24, 2.45) is 17.3 Å². The topological polar surface area (TPSA) is 115 Å². The molecule has 6 atom stereocenters. The second-order valence-corrected chi connectivity index (χ2v) is 13.9. The Bertz CT molecular complexity index is 1380. The van der Waals surface area contributed by atoms with Crippen LogP contribution >= 0.6 is 11.6 Å². The van der Waals surface area contributed by atoms with E-state index in [1.807, 2.05) is 71.0 Å². The molecule has 2 aliphatic heterocycles. The van der Waals surface area contributed by atoms with E-state index in [1.54, 1.807) is 18.2 Å². The molecule has 2 N–H and O–H groups in total. The summed E-state index contributed by atoms with van der Waals surface area (Å²) in [5.41, 5.74) is 1.32. The van der Waals surface area contributed by atoms with E-state index >= 15 is 0 Å². The number of carbonyl (C=O) groups is 3. The van der Waals surface area contributed by atoms with Crippen LogP contribution in [0.5, 0.6) is 5.75 Å². The van der Waals surface area contributed by atoms with Gasteiger partial charge in [0.1, 0.15) is 24.0 Å². The summed E-state index contributed by atoms with van der Waals surface area (Å²) in [5.74, 6) is -0.660. The van der Waals surface area contributed by atoms with Crippen LogP contribution in [0.1, 0.15) is 64.7 Å². The van der Waals surface area contributed by atoms with Crippen molar-refractivity contribution in [3.8, 4) is 5.75 Å². The van der Waals surface area contributed by atoms with Crippen molar-refractivity contribution in [3.05, 3.63) is 76.8 Å². The zero-order chi connectivity index (χ0) is 33.4. The maximum Gasteiger partial charge on any atom is 0.335 e. The van der Waals surface area contributed by atoms with Gasteiger partial charge in [-0.15, -0.1) is 0 Å². The van der Waals surface area contributed by atoms with Crippen molar-refractivity contribution in [1.29, 1.82) is 0 Å². The minimum absolute atomic E-state index is 0.0863. The molecule has 0 bridgehead atoms. The second kappa shape index (κ2) is 15.9. The van der Waals surface area contributed by atoms with Crippen molar-refractivity contribution < 1.29 is 33.3 Å². The van der Waals surface area contributed by atoms with Gasteiger partial charge in [0.05, 0.1) is 24.8 Å². The Morgan fingerprint density at radius 2 is 1.80 bits per heavy atom. The summed E-state index contributed by atoms with van der Waals surface area (Å²) < 4.78 is 23.7. The standard InChI is InChI=1S/C36H47ClN2O7/c1-22(2)17-30-35(42)45-28(23(3)32-33(46-32)25-11-8-7-9-12-25)13-10-14-31(40)39-27(34(41)38-20-36(4,5)21-44-30)19-24-15-16-29(43-6)26(37)18-24/h7-12,14-16,18,22-23,27-28,30,32-33H,13,17,19-21H2,1-6H3,(H,38,41)(H,39,40)/b14-10+/t23-,27+,28-,30-,32+,33+/m0/s1. The van der Waals surface area contributed by atoms with Gasteiger partial charge in [0.15, 0.2) is 6.10 Å². The molecule has 2 aliphatic rings. The molecule has 0 saturated carbocycles. The average molecular weight is 655 g/mol. The third-order valence-electron chi connectivity index (χ3n) is 8.32. The van der Waals surface area contributed by atoms with E-state index in [1.165, 1.54) is 13.2 Å². The van der Waals surface area contributed by atoms with Crippen LogP contribution in [0.4, 0.5) is 0 Å². The second-order valence-electron chi connectivity index (χ2n) is 13.4. The van der Waals surface area contributed by atoms with Gasteiger partial charge in [0.2, 0.25) is 11.8 Å². The van der Waals surface area contributed by atoms with E-state index < -0.39 is 35.5 Å². The molecule has 250 valence electrons. The van der Waals surface area contributed by atoms with Crippen LogP contribution in [0.2, 0.25) is 5.02 Å². The molecular formula is C36H47ClN2O7. The first-order chi connectivity index (χ1) is 21.9. The van der Waals surface area contributed by atoms with Crippen LogP contribution in [-0.2, 0) is 35.0 Å². The molecule has 1 saturated heterocycles. The minimum Gasteiger partial charge on any atom is -0.495 e. The summed E-state index contributed by atoms with van der Waals surface area (Å²) in [6.45, 7) is 10.4. The highest BCUT2D eigenvalue weighted by Crippen LogP contribution is 2.45. The number of hydrogen-bond donors (Lipinski definition) is 2. The Hall–Kier alpha value is -3.40. The number of carbonyl (C=O) groups excluding carboxylic acids is 3. The van der Waals surface area contributed by atoms with E-state index in [0.717, 1.165) is 11.1 Å². The van der Waals surface area contributed by atoms with E-state index in [2.05, 4.69) is 10.6 Å². The van der Waals surface area contributed by atoms with Crippen molar-refractivity contribution in [2.75, 3.05) is 20.3 Å². The SMILES string of the molecule is COc1ccc(C[C@H]2NC(=O)/C=C/C[C@@H]([C@H](C)[C@H]3O[C@@H]3c3ccccc3)OC(=O)[C@H](CC(C)C)OCC(C)(C)CNC2=O)cc1Cl. The summed E-state index contributed by atoms with van der Waals surface area (Å²) in [6.07, 6.45) is 2.49. The highest BCUT2D eigenvalue weighted by atomic mass is 35.5. The lowest BCUT2D eigenvalue weighted by atomic mass is 9.93. The Morgan fingerprint density at radius 3 is 2.48 bits per heavy atom. The Morgan fingerprint density at radius 1 is 1.07 bits per heavy atom. The largest absolute Gasteiger partial charge is 0.495 e. The predicted molar refractivity (Wildman–Crippen MR) is 176 cm³/mol. The van der Waals surface area contributed by atoms with Gasteiger partial charge in [-0.05, 0) is 41.7 Å². The van der Waals surface area contributed by atoms with Gasteiger partial charge in [-0.2, -0.15) is 0 Å². The quantitative estimate of drug-likeness (QED) is 0.281. The summed E-state index contributed by atoms with van der Waals surface area (Å²) >= 11 is 6.34. The van der Waals surface area contributed by atoms with Crippen LogP contribution in [0.15, 0.2) is 60.7 Å². The molecule has 2 amide bonds. The fourth-order valence-corrected chi connectivity index (χ4v) is 5.82. The zero-order valence-electron chi connectivity index (χ0n) is 27.6. The number of amides is 2. The predicted octanol–water partition coefficient (Wildman–Crippen LogP) is 5.60. The minimum atomic E-state index is -0.862. The Labute approximate surface area is 277 Å². The summed E-state index contributed by atoms with van der Waals surface area (Å²) in [4.78, 5) is 40.2. The highest BCUT2D eigenvalue weighted by molar-refractivity contribution is 6.32. The molecule has 0 spiro atoms. The van der Waals surface area contributed by atoms with Crippen molar-refractivity contribution in [2.45, 2.75) is 84.3 Å². The van der Waals surface area contributed by atoms with Gasteiger partial charge < -0.3 is 29.6 Å². The molecular weight excluding hydrogens is 608 g/mol. The van der Waals surface area contributed by atoms with Gasteiger partial charge in [0, 0.05) is 30.7 Å². The molecule has 0 aromatic heterocycles. The number of rotatable bonds is 8. The third-order valence-corrected chi connectivity index (χ3v) is 8.61. The van der Waals surface area contributed by atoms with Gasteiger partial charge >= 0.3 is 5.97 Å². The van der Waals surface area contributed by atoms with E-state index in [-0.39, 0.29) is 55.9 Å². The monoisotopic (exact) mass is 654 g/mol.